The molecule has 1 amide bonds. The van der Waals surface area contributed by atoms with E-state index in [0.29, 0.717) is 0 Å². The summed E-state index contributed by atoms with van der Waals surface area (Å²) in [6.07, 6.45) is 7.63. The third kappa shape index (κ3) is 3.83. The van der Waals surface area contributed by atoms with Crippen LogP contribution in [0.5, 0.6) is 0 Å². The van der Waals surface area contributed by atoms with Crippen LogP contribution in [0.2, 0.25) is 0 Å². The van der Waals surface area contributed by atoms with E-state index in [2.05, 4.69) is 21.8 Å². The Balaban J connectivity index is 1.67. The van der Waals surface area contributed by atoms with Gasteiger partial charge >= 0.3 is 0 Å². The summed E-state index contributed by atoms with van der Waals surface area (Å²) in [5.74, 6) is 1.17. The van der Waals surface area contributed by atoms with E-state index in [1.165, 1.54) is 0 Å². The number of piperazine rings is 1. The monoisotopic (exact) mass is 341 g/mol. The molecular formula is C19H27N5O. The number of carbonyl (C=O) groups excluding carboxylic acids is 1. The van der Waals surface area contributed by atoms with Crippen LogP contribution in [0.15, 0.2) is 30.7 Å². The Hall–Kier alpha value is -2.37. The molecule has 134 valence electrons. The Bertz CT molecular complexity index is 705. The number of nitrogens with zero attached hydrogens (tertiary/aromatic N) is 5. The summed E-state index contributed by atoms with van der Waals surface area (Å²) in [5.41, 5.74) is 1.87. The molecule has 2 aromatic rings. The van der Waals surface area contributed by atoms with Gasteiger partial charge in [0.15, 0.2) is 0 Å². The van der Waals surface area contributed by atoms with E-state index < -0.39 is 0 Å². The molecule has 0 aromatic carbocycles. The van der Waals surface area contributed by atoms with Crippen LogP contribution in [0.25, 0.3) is 0 Å². The average molecular weight is 341 g/mol. The van der Waals surface area contributed by atoms with Gasteiger partial charge in [-0.3, -0.25) is 9.78 Å². The second-order valence-corrected chi connectivity index (χ2v) is 6.67. The summed E-state index contributed by atoms with van der Waals surface area (Å²) < 4.78 is 2.04. The van der Waals surface area contributed by atoms with Crippen molar-refractivity contribution in [2.75, 3.05) is 31.1 Å². The van der Waals surface area contributed by atoms with Crippen LogP contribution >= 0.6 is 0 Å². The highest BCUT2D eigenvalue weighted by Crippen LogP contribution is 2.21. The maximum Gasteiger partial charge on any atom is 0.245 e. The predicted molar refractivity (Wildman–Crippen MR) is 98.7 cm³/mol. The van der Waals surface area contributed by atoms with Gasteiger partial charge in [0.1, 0.15) is 11.9 Å². The molecule has 0 spiro atoms. The lowest BCUT2D eigenvalue weighted by Gasteiger charge is -2.37. The van der Waals surface area contributed by atoms with Gasteiger partial charge in [-0.15, -0.1) is 0 Å². The zero-order valence-corrected chi connectivity index (χ0v) is 15.4. The molecule has 6 heteroatoms. The van der Waals surface area contributed by atoms with Gasteiger partial charge in [-0.05, 0) is 32.4 Å². The van der Waals surface area contributed by atoms with Crippen LogP contribution in [0, 0.1) is 13.8 Å². The second-order valence-electron chi connectivity index (χ2n) is 6.67. The van der Waals surface area contributed by atoms with Crippen LogP contribution < -0.4 is 4.90 Å². The molecule has 1 aliphatic heterocycles. The molecule has 0 N–H and O–H groups in total. The van der Waals surface area contributed by atoms with E-state index in [-0.39, 0.29) is 11.9 Å². The Morgan fingerprint density at radius 2 is 1.84 bits per heavy atom. The number of amides is 1. The van der Waals surface area contributed by atoms with Gasteiger partial charge in [-0.2, -0.15) is 0 Å². The molecule has 3 rings (SSSR count). The molecule has 0 unspecified atom stereocenters. The molecule has 6 nitrogen and oxygen atoms in total. The Labute approximate surface area is 149 Å². The molecule has 0 radical (unpaired) electrons. The topological polar surface area (TPSA) is 54.3 Å². The Kier molecular flexibility index (Phi) is 5.36. The van der Waals surface area contributed by atoms with Crippen molar-refractivity contribution in [3.05, 3.63) is 42.1 Å². The van der Waals surface area contributed by atoms with Crippen LogP contribution in [-0.2, 0) is 4.79 Å². The van der Waals surface area contributed by atoms with E-state index in [1.54, 1.807) is 6.20 Å². The SMILES string of the molecule is CCC[C@@H](C(=O)N1CCN(c2nc(C)cnc2C)CC1)n1cccc1. The number of aromatic nitrogens is 3. The molecule has 1 saturated heterocycles. The second kappa shape index (κ2) is 7.68. The molecular weight excluding hydrogens is 314 g/mol. The molecule has 2 aromatic heterocycles. The molecule has 0 bridgehead atoms. The first kappa shape index (κ1) is 17.5. The Morgan fingerprint density at radius 1 is 1.16 bits per heavy atom. The van der Waals surface area contributed by atoms with Gasteiger partial charge in [0.2, 0.25) is 5.91 Å². The predicted octanol–water partition coefficient (Wildman–Crippen LogP) is 2.58. The lowest BCUT2D eigenvalue weighted by atomic mass is 10.1. The van der Waals surface area contributed by atoms with Gasteiger partial charge in [0.25, 0.3) is 0 Å². The highest BCUT2D eigenvalue weighted by Gasteiger charge is 2.28. The number of rotatable bonds is 5. The zero-order valence-electron chi connectivity index (χ0n) is 15.4. The van der Waals surface area contributed by atoms with Gasteiger partial charge < -0.3 is 14.4 Å². The average Bonchev–Trinajstić information content (AvgIpc) is 3.15. The van der Waals surface area contributed by atoms with Crippen molar-refractivity contribution in [2.24, 2.45) is 0 Å². The minimum Gasteiger partial charge on any atom is -0.352 e. The zero-order chi connectivity index (χ0) is 17.8. The van der Waals surface area contributed by atoms with Crippen molar-refractivity contribution < 1.29 is 4.79 Å². The number of hydrogen-bond donors (Lipinski definition) is 0. The van der Waals surface area contributed by atoms with Crippen molar-refractivity contribution in [1.82, 2.24) is 19.4 Å². The molecule has 1 fully saturated rings. The molecule has 0 saturated carbocycles. The van der Waals surface area contributed by atoms with E-state index in [1.807, 2.05) is 47.8 Å². The normalized spacial score (nSPS) is 16.1. The number of hydrogen-bond acceptors (Lipinski definition) is 4. The highest BCUT2D eigenvalue weighted by atomic mass is 16.2. The van der Waals surface area contributed by atoms with E-state index in [9.17, 15) is 4.79 Å². The molecule has 0 aliphatic carbocycles. The van der Waals surface area contributed by atoms with Crippen LogP contribution in [0.3, 0.4) is 0 Å². The van der Waals surface area contributed by atoms with E-state index in [0.717, 1.165) is 56.2 Å². The number of aryl methyl sites for hydroxylation is 2. The molecule has 1 aliphatic rings. The van der Waals surface area contributed by atoms with Crippen molar-refractivity contribution in [2.45, 2.75) is 39.7 Å². The fourth-order valence-electron chi connectivity index (χ4n) is 3.40. The quantitative estimate of drug-likeness (QED) is 0.839. The van der Waals surface area contributed by atoms with Gasteiger partial charge in [0.05, 0.1) is 11.4 Å². The molecule has 3 heterocycles. The summed E-state index contributed by atoms with van der Waals surface area (Å²) in [4.78, 5) is 26.3. The fraction of sp³-hybridized carbons (Fsp3) is 0.526. The lowest BCUT2D eigenvalue weighted by molar-refractivity contribution is -0.135. The van der Waals surface area contributed by atoms with Gasteiger partial charge in [-0.1, -0.05) is 13.3 Å². The van der Waals surface area contributed by atoms with Crippen molar-refractivity contribution in [3.8, 4) is 0 Å². The van der Waals surface area contributed by atoms with Crippen LogP contribution in [-0.4, -0.2) is 51.5 Å². The number of carbonyl (C=O) groups is 1. The minimum atomic E-state index is -0.0907. The smallest absolute Gasteiger partial charge is 0.245 e. The first-order valence-corrected chi connectivity index (χ1v) is 9.06. The lowest BCUT2D eigenvalue weighted by Crippen LogP contribution is -2.51. The van der Waals surface area contributed by atoms with Crippen molar-refractivity contribution >= 4 is 11.7 Å². The summed E-state index contributed by atoms with van der Waals surface area (Å²) in [7, 11) is 0. The summed E-state index contributed by atoms with van der Waals surface area (Å²) in [6, 6.07) is 3.87. The summed E-state index contributed by atoms with van der Waals surface area (Å²) >= 11 is 0. The first-order chi connectivity index (χ1) is 12.1. The summed E-state index contributed by atoms with van der Waals surface area (Å²) in [6.45, 7) is 9.14. The fourth-order valence-corrected chi connectivity index (χ4v) is 3.40. The largest absolute Gasteiger partial charge is 0.352 e. The van der Waals surface area contributed by atoms with Gasteiger partial charge in [0, 0.05) is 44.8 Å². The maximum absolute atomic E-state index is 13.0. The standard InChI is InChI=1S/C19H27N5O/c1-4-7-17(22-8-5-6-9-22)19(25)24-12-10-23(11-13-24)18-16(3)20-14-15(2)21-18/h5-6,8-9,14,17H,4,7,10-13H2,1-3H3/t17-/m0/s1. The highest BCUT2D eigenvalue weighted by molar-refractivity contribution is 5.80. The summed E-state index contributed by atoms with van der Waals surface area (Å²) in [5, 5.41) is 0. The van der Waals surface area contributed by atoms with Crippen molar-refractivity contribution in [1.29, 1.82) is 0 Å². The van der Waals surface area contributed by atoms with Crippen molar-refractivity contribution in [3.63, 3.8) is 0 Å². The van der Waals surface area contributed by atoms with Crippen LogP contribution in [0.1, 0.15) is 37.2 Å². The maximum atomic E-state index is 13.0. The van der Waals surface area contributed by atoms with E-state index in [4.69, 9.17) is 0 Å². The van der Waals surface area contributed by atoms with Gasteiger partial charge in [-0.25, -0.2) is 4.98 Å². The molecule has 1 atom stereocenters. The Morgan fingerprint density at radius 3 is 2.48 bits per heavy atom. The third-order valence-corrected chi connectivity index (χ3v) is 4.78. The first-order valence-electron chi connectivity index (χ1n) is 9.06. The van der Waals surface area contributed by atoms with E-state index >= 15 is 0 Å². The molecule has 25 heavy (non-hydrogen) atoms. The van der Waals surface area contributed by atoms with Crippen LogP contribution in [0.4, 0.5) is 5.82 Å². The minimum absolute atomic E-state index is 0.0907. The number of anilines is 1. The third-order valence-electron chi connectivity index (χ3n) is 4.78.